The van der Waals surface area contributed by atoms with Gasteiger partial charge in [0.15, 0.2) is 5.76 Å². The summed E-state index contributed by atoms with van der Waals surface area (Å²) in [6.07, 6.45) is 3.13. The van der Waals surface area contributed by atoms with Crippen LogP contribution in [0.15, 0.2) is 59.0 Å². The lowest BCUT2D eigenvalue weighted by Crippen LogP contribution is -2.40. The van der Waals surface area contributed by atoms with Crippen LogP contribution in [-0.2, 0) is 11.3 Å². The molecule has 7 nitrogen and oxygen atoms in total. The second-order valence-corrected chi connectivity index (χ2v) is 7.50. The second kappa shape index (κ2) is 10.6. The van der Waals surface area contributed by atoms with Crippen LogP contribution in [0.4, 0.5) is 0 Å². The van der Waals surface area contributed by atoms with Gasteiger partial charge in [-0.2, -0.15) is 0 Å². The fraction of sp³-hybridized carbons (Fsp3) is 0.280. The average molecular weight is 435 g/mol. The van der Waals surface area contributed by atoms with E-state index in [1.54, 1.807) is 18.2 Å². The minimum Gasteiger partial charge on any atom is -0.454 e. The number of nitrogens with one attached hydrogen (secondary N) is 2. The molecular formula is C25H30N4O3. The van der Waals surface area contributed by atoms with Crippen molar-refractivity contribution in [3.63, 3.8) is 0 Å². The third kappa shape index (κ3) is 5.56. The van der Waals surface area contributed by atoms with Gasteiger partial charge in [-0.25, -0.2) is 0 Å². The van der Waals surface area contributed by atoms with Crippen molar-refractivity contribution < 1.29 is 14.0 Å². The summed E-state index contributed by atoms with van der Waals surface area (Å²) in [5.41, 5.74) is 8.87. The smallest absolute Gasteiger partial charge is 0.305 e. The Bertz CT molecular complexity index is 1090. The molecule has 0 bridgehead atoms. The van der Waals surface area contributed by atoms with Crippen LogP contribution in [0, 0.1) is 13.8 Å². The van der Waals surface area contributed by atoms with Crippen LogP contribution in [0.1, 0.15) is 47.1 Å². The van der Waals surface area contributed by atoms with Crippen LogP contribution in [-0.4, -0.2) is 34.4 Å². The van der Waals surface area contributed by atoms with Crippen LogP contribution in [0.2, 0.25) is 0 Å². The van der Waals surface area contributed by atoms with Crippen molar-refractivity contribution in [2.45, 2.75) is 34.2 Å². The highest BCUT2D eigenvalue weighted by atomic mass is 16.4. The van der Waals surface area contributed by atoms with E-state index in [0.717, 1.165) is 35.7 Å². The van der Waals surface area contributed by atoms with Crippen LogP contribution >= 0.6 is 0 Å². The fourth-order valence-electron chi connectivity index (χ4n) is 3.57. The lowest BCUT2D eigenvalue weighted by atomic mass is 10.2. The zero-order chi connectivity index (χ0) is 23.1. The van der Waals surface area contributed by atoms with Gasteiger partial charge in [-0.15, -0.1) is 0 Å². The number of furan rings is 1. The van der Waals surface area contributed by atoms with Gasteiger partial charge < -0.3 is 8.98 Å². The molecule has 168 valence electrons. The number of hydrogen-bond acceptors (Lipinski definition) is 4. The molecule has 0 aliphatic carbocycles. The maximum Gasteiger partial charge on any atom is 0.305 e. The number of aryl methyl sites for hydroxylation is 1. The fourth-order valence-corrected chi connectivity index (χ4v) is 3.57. The van der Waals surface area contributed by atoms with Crippen LogP contribution in [0.25, 0.3) is 11.8 Å². The Morgan fingerprint density at radius 1 is 1.03 bits per heavy atom. The molecule has 0 saturated heterocycles. The lowest BCUT2D eigenvalue weighted by Gasteiger charge is -2.15. The second-order valence-electron chi connectivity index (χ2n) is 7.50. The minimum absolute atomic E-state index is 0.155. The molecular weight excluding hydrogens is 404 g/mol. The monoisotopic (exact) mass is 434 g/mol. The van der Waals surface area contributed by atoms with E-state index in [0.29, 0.717) is 12.3 Å². The van der Waals surface area contributed by atoms with Gasteiger partial charge in [-0.05, 0) is 68.9 Å². The van der Waals surface area contributed by atoms with Crippen molar-refractivity contribution in [2.24, 2.45) is 0 Å². The molecule has 2 aromatic heterocycles. The van der Waals surface area contributed by atoms with E-state index in [2.05, 4.69) is 34.2 Å². The number of hydrogen-bond donors (Lipinski definition) is 2. The Morgan fingerprint density at radius 3 is 2.44 bits per heavy atom. The van der Waals surface area contributed by atoms with E-state index >= 15 is 0 Å². The summed E-state index contributed by atoms with van der Waals surface area (Å²) in [5, 5.41) is 0. The molecule has 0 saturated carbocycles. The first-order valence-electron chi connectivity index (χ1n) is 10.8. The summed E-state index contributed by atoms with van der Waals surface area (Å²) >= 11 is 0. The molecule has 3 aromatic rings. The van der Waals surface area contributed by atoms with Gasteiger partial charge in [0.1, 0.15) is 5.76 Å². The number of amides is 2. The molecule has 0 aliphatic heterocycles. The number of rotatable bonds is 8. The predicted octanol–water partition coefficient (Wildman–Crippen LogP) is 4.00. The molecule has 1 aromatic carbocycles. The van der Waals surface area contributed by atoms with Crippen LogP contribution < -0.4 is 10.9 Å². The summed E-state index contributed by atoms with van der Waals surface area (Å²) in [6.45, 7) is 10.6. The molecule has 2 N–H and O–H groups in total. The maximum atomic E-state index is 12.3. The summed E-state index contributed by atoms with van der Waals surface area (Å²) < 4.78 is 7.72. The van der Waals surface area contributed by atoms with Gasteiger partial charge in [0.25, 0.3) is 5.91 Å². The number of hydrazine groups is 1. The van der Waals surface area contributed by atoms with Crippen LogP contribution in [0.5, 0.6) is 0 Å². The van der Waals surface area contributed by atoms with Gasteiger partial charge in [0.05, 0.1) is 6.54 Å². The number of carbonyl (C=O) groups is 2. The highest BCUT2D eigenvalue weighted by Gasteiger charge is 2.13. The normalized spacial score (nSPS) is 11.3. The van der Waals surface area contributed by atoms with Gasteiger partial charge >= 0.3 is 5.91 Å². The molecule has 0 spiro atoms. The molecule has 3 rings (SSSR count). The minimum atomic E-state index is -0.500. The molecule has 2 heterocycles. The van der Waals surface area contributed by atoms with E-state index in [4.69, 9.17) is 4.42 Å². The summed E-state index contributed by atoms with van der Waals surface area (Å²) in [4.78, 5) is 26.6. The molecule has 0 atom stereocenters. The topological polar surface area (TPSA) is 79.5 Å². The lowest BCUT2D eigenvalue weighted by molar-refractivity contribution is -0.117. The number of benzene rings is 1. The number of aromatic nitrogens is 1. The standard InChI is InChI=1S/C25H30N4O3/c1-5-28(6-2)17-22-13-14-23(32-22)25(31)27-26-24(30)15-12-20-16-18(3)29(19(20)4)21-10-8-7-9-11-21/h7-16H,5-6,17H2,1-4H3,(H,26,30)(H,27,31)/b15-12+. The quantitative estimate of drug-likeness (QED) is 0.415. The summed E-state index contributed by atoms with van der Waals surface area (Å²) in [6, 6.07) is 15.4. The number of para-hydroxylation sites is 1. The molecule has 7 heteroatoms. The highest BCUT2D eigenvalue weighted by molar-refractivity contribution is 5.96. The number of nitrogens with zero attached hydrogens (tertiary/aromatic N) is 2. The molecule has 0 unspecified atom stereocenters. The SMILES string of the molecule is CCN(CC)Cc1ccc(C(=O)NNC(=O)/C=C/c2cc(C)n(-c3ccccc3)c2C)o1. The summed E-state index contributed by atoms with van der Waals surface area (Å²) in [7, 11) is 0. The van der Waals surface area contributed by atoms with Gasteiger partial charge in [0, 0.05) is 23.2 Å². The Balaban J connectivity index is 1.57. The van der Waals surface area contributed by atoms with Gasteiger partial charge in [-0.1, -0.05) is 32.0 Å². The van der Waals surface area contributed by atoms with Crippen molar-refractivity contribution in [2.75, 3.05) is 13.1 Å². The average Bonchev–Trinajstić information content (AvgIpc) is 3.38. The molecule has 32 heavy (non-hydrogen) atoms. The first kappa shape index (κ1) is 23.1. The molecule has 0 radical (unpaired) electrons. The Labute approximate surface area is 188 Å². The zero-order valence-corrected chi connectivity index (χ0v) is 19.0. The van der Waals surface area contributed by atoms with Crippen LogP contribution in [0.3, 0.4) is 0 Å². The number of carbonyl (C=O) groups excluding carboxylic acids is 2. The van der Waals surface area contributed by atoms with E-state index in [1.807, 2.05) is 50.2 Å². The Kier molecular flexibility index (Phi) is 7.68. The first-order valence-corrected chi connectivity index (χ1v) is 10.8. The first-order chi connectivity index (χ1) is 15.4. The summed E-state index contributed by atoms with van der Waals surface area (Å²) in [5.74, 6) is -0.0701. The Morgan fingerprint density at radius 2 is 1.75 bits per heavy atom. The van der Waals surface area contributed by atoms with E-state index in [9.17, 15) is 9.59 Å². The van der Waals surface area contributed by atoms with E-state index < -0.39 is 11.8 Å². The van der Waals surface area contributed by atoms with Crippen molar-refractivity contribution in [1.82, 2.24) is 20.3 Å². The van der Waals surface area contributed by atoms with Crippen molar-refractivity contribution in [3.05, 3.63) is 83.1 Å². The van der Waals surface area contributed by atoms with Gasteiger partial charge in [-0.3, -0.25) is 25.3 Å². The Hall–Kier alpha value is -3.58. The molecule has 0 fully saturated rings. The molecule has 0 aliphatic rings. The van der Waals surface area contributed by atoms with E-state index in [1.165, 1.54) is 6.08 Å². The van der Waals surface area contributed by atoms with Crippen molar-refractivity contribution in [3.8, 4) is 5.69 Å². The molecule has 2 amide bonds. The third-order valence-corrected chi connectivity index (χ3v) is 5.36. The zero-order valence-electron chi connectivity index (χ0n) is 19.0. The third-order valence-electron chi connectivity index (χ3n) is 5.36. The maximum absolute atomic E-state index is 12.3. The highest BCUT2D eigenvalue weighted by Crippen LogP contribution is 2.21. The van der Waals surface area contributed by atoms with Gasteiger partial charge in [0.2, 0.25) is 0 Å². The predicted molar refractivity (Wildman–Crippen MR) is 125 cm³/mol. The van der Waals surface area contributed by atoms with Crippen molar-refractivity contribution in [1.29, 1.82) is 0 Å². The van der Waals surface area contributed by atoms with E-state index in [-0.39, 0.29) is 5.76 Å². The van der Waals surface area contributed by atoms with Crippen molar-refractivity contribution >= 4 is 17.9 Å². The largest absolute Gasteiger partial charge is 0.454 e.